The molecule has 0 atom stereocenters. The maximum Gasteiger partial charge on any atom is 0.226 e. The Kier molecular flexibility index (Phi) is 4.60. The van der Waals surface area contributed by atoms with Gasteiger partial charge in [-0.15, -0.1) is 0 Å². The second-order valence-electron chi connectivity index (χ2n) is 7.00. The number of piperazine rings is 1. The van der Waals surface area contributed by atoms with Crippen molar-refractivity contribution in [2.45, 2.75) is 57.9 Å². The summed E-state index contributed by atoms with van der Waals surface area (Å²) in [6, 6.07) is 0. The highest BCUT2D eigenvalue weighted by Gasteiger charge is 2.34. The van der Waals surface area contributed by atoms with Crippen LogP contribution in [0.3, 0.4) is 0 Å². The van der Waals surface area contributed by atoms with Crippen molar-refractivity contribution in [1.82, 2.24) is 20.4 Å². The first-order chi connectivity index (χ1) is 10.2. The van der Waals surface area contributed by atoms with Gasteiger partial charge in [0.25, 0.3) is 0 Å². The van der Waals surface area contributed by atoms with Gasteiger partial charge in [0, 0.05) is 32.6 Å². The molecule has 1 aliphatic heterocycles. The molecule has 0 radical (unpaired) electrons. The van der Waals surface area contributed by atoms with Gasteiger partial charge in [0.1, 0.15) is 0 Å². The third-order valence-electron chi connectivity index (χ3n) is 5.16. The largest absolute Gasteiger partial charge is 0.339 e. The van der Waals surface area contributed by atoms with Crippen molar-refractivity contribution in [2.24, 2.45) is 5.92 Å². The molecule has 5 nitrogen and oxygen atoms in total. The lowest BCUT2D eigenvalue weighted by Crippen LogP contribution is -2.52. The van der Waals surface area contributed by atoms with E-state index in [-0.39, 0.29) is 5.54 Å². The first-order valence-corrected chi connectivity index (χ1v) is 8.45. The molecule has 0 aromatic carbocycles. The highest BCUT2D eigenvalue weighted by molar-refractivity contribution is 5.03. The van der Waals surface area contributed by atoms with Gasteiger partial charge in [-0.1, -0.05) is 30.8 Å². The third kappa shape index (κ3) is 3.46. The molecular formula is C16H28N4O. The molecule has 21 heavy (non-hydrogen) atoms. The van der Waals surface area contributed by atoms with Crippen molar-refractivity contribution >= 4 is 0 Å². The Labute approximate surface area is 127 Å². The minimum absolute atomic E-state index is 0.142. The van der Waals surface area contributed by atoms with E-state index >= 15 is 0 Å². The zero-order valence-electron chi connectivity index (χ0n) is 13.4. The summed E-state index contributed by atoms with van der Waals surface area (Å²) in [5.74, 6) is 2.53. The van der Waals surface area contributed by atoms with Crippen LogP contribution in [-0.2, 0) is 12.0 Å². The Morgan fingerprint density at radius 3 is 2.67 bits per heavy atom. The van der Waals surface area contributed by atoms with Crippen LogP contribution in [0.2, 0.25) is 0 Å². The van der Waals surface area contributed by atoms with Crippen LogP contribution in [0.4, 0.5) is 0 Å². The smallest absolute Gasteiger partial charge is 0.226 e. The second kappa shape index (κ2) is 6.44. The first-order valence-electron chi connectivity index (χ1n) is 8.45. The molecule has 1 N–H and O–H groups in total. The van der Waals surface area contributed by atoms with Crippen molar-refractivity contribution < 1.29 is 4.52 Å². The molecule has 1 aromatic heterocycles. The van der Waals surface area contributed by atoms with E-state index in [9.17, 15) is 0 Å². The van der Waals surface area contributed by atoms with Crippen LogP contribution in [0.5, 0.6) is 0 Å². The van der Waals surface area contributed by atoms with Crippen LogP contribution in [-0.4, -0.2) is 41.2 Å². The lowest BCUT2D eigenvalue weighted by Gasteiger charge is -2.38. The van der Waals surface area contributed by atoms with Crippen LogP contribution in [0.15, 0.2) is 4.52 Å². The monoisotopic (exact) mass is 292 g/mol. The molecule has 0 bridgehead atoms. The van der Waals surface area contributed by atoms with Crippen LogP contribution in [0.1, 0.15) is 57.7 Å². The SMILES string of the molecule is CC(C)(c1noc(CCC2CCCC2)n1)N1CCNCC1. The van der Waals surface area contributed by atoms with Gasteiger partial charge < -0.3 is 9.84 Å². The van der Waals surface area contributed by atoms with Crippen molar-refractivity contribution in [3.63, 3.8) is 0 Å². The van der Waals surface area contributed by atoms with E-state index in [4.69, 9.17) is 4.52 Å². The molecule has 1 saturated heterocycles. The summed E-state index contributed by atoms with van der Waals surface area (Å²) in [6.45, 7) is 8.55. The zero-order valence-corrected chi connectivity index (χ0v) is 13.4. The molecule has 0 amide bonds. The van der Waals surface area contributed by atoms with Crippen molar-refractivity contribution in [2.75, 3.05) is 26.2 Å². The zero-order chi connectivity index (χ0) is 14.7. The van der Waals surface area contributed by atoms with Gasteiger partial charge in [0.2, 0.25) is 5.89 Å². The number of rotatable bonds is 5. The number of nitrogens with one attached hydrogen (secondary N) is 1. The molecular weight excluding hydrogens is 264 g/mol. The highest BCUT2D eigenvalue weighted by atomic mass is 16.5. The number of aromatic nitrogens is 2. The molecule has 3 rings (SSSR count). The minimum Gasteiger partial charge on any atom is -0.339 e. The van der Waals surface area contributed by atoms with Gasteiger partial charge in [0.05, 0.1) is 5.54 Å². The molecule has 2 aliphatic rings. The van der Waals surface area contributed by atoms with E-state index in [1.807, 2.05) is 0 Å². The third-order valence-corrected chi connectivity index (χ3v) is 5.16. The summed E-state index contributed by atoms with van der Waals surface area (Å²) >= 11 is 0. The molecule has 5 heteroatoms. The normalized spacial score (nSPS) is 22.0. The van der Waals surface area contributed by atoms with E-state index in [0.29, 0.717) is 0 Å². The lowest BCUT2D eigenvalue weighted by atomic mass is 10.0. The van der Waals surface area contributed by atoms with Crippen molar-refractivity contribution in [1.29, 1.82) is 0 Å². The fraction of sp³-hybridized carbons (Fsp3) is 0.875. The van der Waals surface area contributed by atoms with E-state index in [1.165, 1.54) is 32.1 Å². The van der Waals surface area contributed by atoms with Gasteiger partial charge in [-0.25, -0.2) is 0 Å². The van der Waals surface area contributed by atoms with Gasteiger partial charge in [-0.05, 0) is 26.2 Å². The molecule has 0 spiro atoms. The van der Waals surface area contributed by atoms with Crippen molar-refractivity contribution in [3.8, 4) is 0 Å². The fourth-order valence-corrected chi connectivity index (χ4v) is 3.60. The average Bonchev–Trinajstić information content (AvgIpc) is 3.18. The van der Waals surface area contributed by atoms with Crippen LogP contribution < -0.4 is 5.32 Å². The number of hydrogen-bond donors (Lipinski definition) is 1. The molecule has 118 valence electrons. The number of aryl methyl sites for hydroxylation is 1. The molecule has 1 aliphatic carbocycles. The van der Waals surface area contributed by atoms with Crippen molar-refractivity contribution in [3.05, 3.63) is 11.7 Å². The Morgan fingerprint density at radius 1 is 1.24 bits per heavy atom. The molecule has 1 saturated carbocycles. The number of nitrogens with zero attached hydrogens (tertiary/aromatic N) is 3. The second-order valence-corrected chi connectivity index (χ2v) is 7.00. The summed E-state index contributed by atoms with van der Waals surface area (Å²) in [5, 5.41) is 7.65. The predicted molar refractivity (Wildman–Crippen MR) is 82.0 cm³/mol. The molecule has 2 fully saturated rings. The quantitative estimate of drug-likeness (QED) is 0.902. The van der Waals surface area contributed by atoms with Crippen LogP contribution in [0.25, 0.3) is 0 Å². The van der Waals surface area contributed by atoms with E-state index in [0.717, 1.165) is 50.2 Å². The minimum atomic E-state index is -0.142. The van der Waals surface area contributed by atoms with E-state index in [2.05, 4.69) is 34.2 Å². The Morgan fingerprint density at radius 2 is 1.95 bits per heavy atom. The Hall–Kier alpha value is -0.940. The summed E-state index contributed by atoms with van der Waals surface area (Å²) in [4.78, 5) is 7.12. The van der Waals surface area contributed by atoms with Crippen LogP contribution >= 0.6 is 0 Å². The van der Waals surface area contributed by atoms with Gasteiger partial charge in [0.15, 0.2) is 5.82 Å². The molecule has 2 heterocycles. The Balaban J connectivity index is 1.60. The summed E-state index contributed by atoms with van der Waals surface area (Å²) in [6.07, 6.45) is 7.71. The van der Waals surface area contributed by atoms with E-state index in [1.54, 1.807) is 0 Å². The topological polar surface area (TPSA) is 54.2 Å². The molecule has 0 unspecified atom stereocenters. The van der Waals surface area contributed by atoms with Gasteiger partial charge >= 0.3 is 0 Å². The Bertz CT molecular complexity index is 445. The fourth-order valence-electron chi connectivity index (χ4n) is 3.60. The summed E-state index contributed by atoms with van der Waals surface area (Å²) in [5.41, 5.74) is -0.142. The average molecular weight is 292 g/mol. The molecule has 1 aromatic rings. The van der Waals surface area contributed by atoms with Gasteiger partial charge in [-0.3, -0.25) is 4.90 Å². The van der Waals surface area contributed by atoms with E-state index < -0.39 is 0 Å². The standard InChI is InChI=1S/C16H28N4O/c1-16(2,20-11-9-17-10-12-20)15-18-14(21-19-15)8-7-13-5-3-4-6-13/h13,17H,3-12H2,1-2H3. The van der Waals surface area contributed by atoms with Gasteiger partial charge in [-0.2, -0.15) is 4.98 Å². The summed E-state index contributed by atoms with van der Waals surface area (Å²) in [7, 11) is 0. The number of hydrogen-bond acceptors (Lipinski definition) is 5. The first kappa shape index (κ1) is 15.0. The maximum absolute atomic E-state index is 5.50. The summed E-state index contributed by atoms with van der Waals surface area (Å²) < 4.78 is 5.50. The van der Waals surface area contributed by atoms with Crippen LogP contribution in [0, 0.1) is 5.92 Å². The predicted octanol–water partition coefficient (Wildman–Crippen LogP) is 2.33. The maximum atomic E-state index is 5.50. The highest BCUT2D eigenvalue weighted by Crippen LogP contribution is 2.29. The lowest BCUT2D eigenvalue weighted by molar-refractivity contribution is 0.0924.